The van der Waals surface area contributed by atoms with Crippen LogP contribution in [0.2, 0.25) is 0 Å². The summed E-state index contributed by atoms with van der Waals surface area (Å²) < 4.78 is 10.8. The van der Waals surface area contributed by atoms with Crippen LogP contribution in [0.4, 0.5) is 0 Å². The third-order valence-electron chi connectivity index (χ3n) is 4.48. The Hall–Kier alpha value is -2.65. The minimum Gasteiger partial charge on any atom is -0.330 e. The largest absolute Gasteiger partial charge is 0.337 e. The maximum Gasteiger partial charge on any atom is 0.337 e. The predicted octanol–water partition coefficient (Wildman–Crippen LogP) is 1.04. The van der Waals surface area contributed by atoms with Crippen molar-refractivity contribution in [1.29, 1.82) is 0 Å². The van der Waals surface area contributed by atoms with Gasteiger partial charge in [0.1, 0.15) is 0 Å². The Morgan fingerprint density at radius 2 is 1.90 bits per heavy atom. The lowest BCUT2D eigenvalue weighted by molar-refractivity contribution is -0.197. The molecular weight excluding hydrogens is 413 g/mol. The van der Waals surface area contributed by atoms with Crippen LogP contribution in [0.15, 0.2) is 30.5 Å². The molecule has 11 heteroatoms. The summed E-state index contributed by atoms with van der Waals surface area (Å²) in [6.45, 7) is 0.988. The molecule has 0 aliphatic carbocycles. The molecule has 1 fully saturated rings. The highest BCUT2D eigenvalue weighted by Gasteiger charge is 2.32. The second-order valence-corrected chi connectivity index (χ2v) is 8.79. The Morgan fingerprint density at radius 3 is 2.60 bits per heavy atom. The highest BCUT2D eigenvalue weighted by atomic mass is 31.2. The van der Waals surface area contributed by atoms with Crippen molar-refractivity contribution >= 4 is 36.3 Å². The Morgan fingerprint density at radius 1 is 1.17 bits per heavy atom. The van der Waals surface area contributed by atoms with Crippen molar-refractivity contribution < 1.29 is 33.6 Å². The van der Waals surface area contributed by atoms with Gasteiger partial charge in [0.05, 0.1) is 18.1 Å². The van der Waals surface area contributed by atoms with Gasteiger partial charge >= 0.3 is 13.6 Å². The number of hydrogen-bond acceptors (Lipinski definition) is 7. The normalized spacial score (nSPS) is 14.5. The van der Waals surface area contributed by atoms with Gasteiger partial charge in [0.15, 0.2) is 0 Å². The van der Waals surface area contributed by atoms with Crippen LogP contribution in [0.5, 0.6) is 0 Å². The van der Waals surface area contributed by atoms with E-state index in [1.54, 1.807) is 18.3 Å². The van der Waals surface area contributed by atoms with E-state index in [4.69, 9.17) is 14.6 Å². The van der Waals surface area contributed by atoms with E-state index < -0.39 is 25.4 Å². The molecule has 2 aromatic rings. The number of hydrogen-bond donors (Lipinski definition) is 3. The molecule has 0 atom stereocenters. The summed E-state index contributed by atoms with van der Waals surface area (Å²) >= 11 is 0. The van der Waals surface area contributed by atoms with Crippen molar-refractivity contribution in [3.8, 4) is 0 Å². The maximum atomic E-state index is 12.0. The molecule has 0 bridgehead atoms. The van der Waals surface area contributed by atoms with Crippen molar-refractivity contribution in [3.05, 3.63) is 41.6 Å². The van der Waals surface area contributed by atoms with Gasteiger partial charge in [-0.15, -0.1) is 5.06 Å². The van der Waals surface area contributed by atoms with Crippen LogP contribution < -0.4 is 5.32 Å². The summed E-state index contributed by atoms with van der Waals surface area (Å²) in [5.74, 6) is -1.73. The summed E-state index contributed by atoms with van der Waals surface area (Å²) in [6, 6.07) is 7.23. The Kier molecular flexibility index (Phi) is 6.94. The van der Waals surface area contributed by atoms with E-state index in [1.165, 1.54) is 0 Å². The fraction of sp³-hybridized carbons (Fsp3) is 0.368. The van der Waals surface area contributed by atoms with E-state index in [9.17, 15) is 18.9 Å². The number of carbonyl (C=O) groups excluding carboxylic acids is 3. The molecule has 0 unspecified atom stereocenters. The summed E-state index contributed by atoms with van der Waals surface area (Å²) in [6.07, 6.45) is 1.90. The van der Waals surface area contributed by atoms with Crippen LogP contribution in [-0.2, 0) is 36.8 Å². The summed E-state index contributed by atoms with van der Waals surface area (Å²) in [7, 11) is -3.96. The van der Waals surface area contributed by atoms with Crippen LogP contribution in [0.3, 0.4) is 0 Å². The topological polar surface area (TPSA) is 146 Å². The zero-order valence-electron chi connectivity index (χ0n) is 16.1. The molecule has 2 heterocycles. The molecule has 1 saturated heterocycles. The van der Waals surface area contributed by atoms with Crippen molar-refractivity contribution in [1.82, 2.24) is 15.4 Å². The number of carbonyl (C=O) groups is 3. The lowest BCUT2D eigenvalue weighted by atomic mass is 10.1. The number of nitrogens with one attached hydrogen (secondary N) is 1. The first-order valence-electron chi connectivity index (χ1n) is 9.41. The predicted molar refractivity (Wildman–Crippen MR) is 106 cm³/mol. The van der Waals surface area contributed by atoms with Gasteiger partial charge in [-0.2, -0.15) is 0 Å². The van der Waals surface area contributed by atoms with Gasteiger partial charge in [-0.3, -0.25) is 19.1 Å². The Balaban J connectivity index is 1.54. The van der Waals surface area contributed by atoms with Crippen LogP contribution in [-0.4, -0.2) is 50.3 Å². The number of fused-ring (bicyclic) bond motifs is 1. The van der Waals surface area contributed by atoms with E-state index in [2.05, 4.69) is 10.3 Å². The van der Waals surface area contributed by atoms with Crippen molar-refractivity contribution in [2.24, 2.45) is 0 Å². The van der Waals surface area contributed by atoms with E-state index in [0.29, 0.717) is 35.7 Å². The van der Waals surface area contributed by atoms with Crippen molar-refractivity contribution in [2.45, 2.75) is 32.2 Å². The molecule has 3 rings (SSSR count). The molecule has 1 aromatic heterocycles. The number of rotatable bonds is 9. The molecule has 30 heavy (non-hydrogen) atoms. The number of benzene rings is 1. The molecule has 2 amide bonds. The van der Waals surface area contributed by atoms with E-state index >= 15 is 0 Å². The average molecular weight is 435 g/mol. The molecule has 3 N–H and O–H groups in total. The average Bonchev–Trinajstić information content (AvgIpc) is 2.99. The van der Waals surface area contributed by atoms with Gasteiger partial charge < -0.3 is 19.9 Å². The van der Waals surface area contributed by atoms with E-state index in [0.717, 1.165) is 10.9 Å². The first-order valence-corrected chi connectivity index (χ1v) is 11.2. The highest BCUT2D eigenvalue weighted by molar-refractivity contribution is 7.51. The molecular formula is C19H22N3O7P. The van der Waals surface area contributed by atoms with Gasteiger partial charge in [-0.05, 0) is 36.2 Å². The van der Waals surface area contributed by atoms with Gasteiger partial charge in [-0.25, -0.2) is 4.79 Å². The molecule has 0 spiro atoms. The zero-order valence-corrected chi connectivity index (χ0v) is 17.0. The van der Waals surface area contributed by atoms with E-state index in [-0.39, 0.29) is 25.4 Å². The Labute approximate surface area is 172 Å². The van der Waals surface area contributed by atoms with Gasteiger partial charge in [0.25, 0.3) is 11.8 Å². The number of imide groups is 1. The first-order chi connectivity index (χ1) is 14.2. The van der Waals surface area contributed by atoms with Gasteiger partial charge in [-0.1, -0.05) is 12.1 Å². The lowest BCUT2D eigenvalue weighted by Crippen LogP contribution is -2.32. The van der Waals surface area contributed by atoms with Crippen LogP contribution in [0, 0.1) is 0 Å². The third kappa shape index (κ3) is 6.17. The van der Waals surface area contributed by atoms with Gasteiger partial charge in [0.2, 0.25) is 0 Å². The van der Waals surface area contributed by atoms with Crippen molar-refractivity contribution in [2.75, 3.05) is 12.7 Å². The number of aromatic nitrogens is 1. The number of pyridine rings is 1. The molecule has 1 aliphatic rings. The van der Waals surface area contributed by atoms with E-state index in [1.807, 2.05) is 12.1 Å². The molecule has 1 aromatic carbocycles. The van der Waals surface area contributed by atoms with Crippen molar-refractivity contribution in [3.63, 3.8) is 0 Å². The molecule has 0 saturated carbocycles. The molecule has 10 nitrogen and oxygen atoms in total. The zero-order chi connectivity index (χ0) is 21.7. The summed E-state index contributed by atoms with van der Waals surface area (Å²) in [5.41, 5.74) is 2.23. The second-order valence-electron chi connectivity index (χ2n) is 7.01. The maximum absolute atomic E-state index is 12.0. The minimum absolute atomic E-state index is 0.0485. The number of hydroxylamine groups is 2. The summed E-state index contributed by atoms with van der Waals surface area (Å²) in [4.78, 5) is 62.0. The quantitative estimate of drug-likeness (QED) is 0.299. The van der Waals surface area contributed by atoms with Gasteiger partial charge in [0, 0.05) is 31.0 Å². The van der Waals surface area contributed by atoms with Crippen LogP contribution in [0.1, 0.15) is 30.4 Å². The second kappa shape index (κ2) is 9.44. The third-order valence-corrected chi connectivity index (χ3v) is 5.38. The fourth-order valence-electron chi connectivity index (χ4n) is 3.02. The standard InChI is InChI=1S/C19H22N3O7P/c23-17-4-5-18(24)22(17)29-19(25)10-13-2-3-15-8-14(12-21-16(15)9-13)11-20-6-1-7-30(26,27)28/h2-3,8-9,12,20H,1,4-7,10-11H2,(H2,26,27,28). The minimum atomic E-state index is -3.96. The lowest BCUT2D eigenvalue weighted by Gasteiger charge is -2.12. The van der Waals surface area contributed by atoms with Crippen LogP contribution in [0.25, 0.3) is 10.9 Å². The molecule has 1 aliphatic heterocycles. The number of amides is 2. The fourth-order valence-corrected chi connectivity index (χ4v) is 3.59. The van der Waals surface area contributed by atoms with Crippen LogP contribution >= 0.6 is 7.60 Å². The Bertz CT molecular complexity index is 1000. The molecule has 0 radical (unpaired) electrons. The SMILES string of the molecule is O=C(Cc1ccc2cc(CNCCCP(=O)(O)O)cnc2c1)ON1C(=O)CCC1=O. The monoisotopic (exact) mass is 435 g/mol. The first kappa shape index (κ1) is 22.0. The highest BCUT2D eigenvalue weighted by Crippen LogP contribution is 2.34. The smallest absolute Gasteiger partial charge is 0.330 e. The summed E-state index contributed by atoms with van der Waals surface area (Å²) in [5, 5.41) is 4.51. The molecule has 160 valence electrons. The number of nitrogens with zero attached hydrogens (tertiary/aromatic N) is 2.